The fourth-order valence-corrected chi connectivity index (χ4v) is 3.91. The van der Waals surface area contributed by atoms with Gasteiger partial charge in [-0.2, -0.15) is 0 Å². The van der Waals surface area contributed by atoms with E-state index in [0.717, 1.165) is 37.4 Å². The Morgan fingerprint density at radius 2 is 2.11 bits per heavy atom. The number of anilines is 1. The Morgan fingerprint density at radius 1 is 1.32 bits per heavy atom. The fourth-order valence-electron chi connectivity index (χ4n) is 3.25. The molecule has 28 heavy (non-hydrogen) atoms. The van der Waals surface area contributed by atoms with Gasteiger partial charge in [0.05, 0.1) is 12.0 Å². The number of amides is 1. The van der Waals surface area contributed by atoms with E-state index in [0.29, 0.717) is 4.88 Å². The number of rotatable bonds is 6. The summed E-state index contributed by atoms with van der Waals surface area (Å²) >= 11 is 1.41. The normalized spacial score (nSPS) is 15.5. The molecule has 3 rings (SSSR count). The number of likely N-dealkylation sites (tertiary alicyclic amines) is 1. The van der Waals surface area contributed by atoms with E-state index in [1.165, 1.54) is 11.3 Å². The van der Waals surface area contributed by atoms with Crippen molar-refractivity contribution in [2.45, 2.75) is 18.9 Å². The molecule has 2 N–H and O–H groups in total. The number of hydrogen-bond donors (Lipinski definition) is 2. The zero-order valence-corrected chi connectivity index (χ0v) is 17.0. The van der Waals surface area contributed by atoms with Crippen molar-refractivity contribution in [3.63, 3.8) is 0 Å². The van der Waals surface area contributed by atoms with Gasteiger partial charge in [-0.3, -0.25) is 15.1 Å². The van der Waals surface area contributed by atoms with Crippen LogP contribution in [0.15, 0.2) is 54.1 Å². The molecule has 1 saturated heterocycles. The number of hydrogen-bond acceptors (Lipinski definition) is 6. The van der Waals surface area contributed by atoms with Crippen molar-refractivity contribution >= 4 is 28.8 Å². The summed E-state index contributed by atoms with van der Waals surface area (Å²) in [6.45, 7) is 1.86. The zero-order chi connectivity index (χ0) is 19.9. The second-order valence-corrected chi connectivity index (χ2v) is 7.73. The minimum atomic E-state index is -0.0967. The van der Waals surface area contributed by atoms with E-state index in [2.05, 4.69) is 17.3 Å². The van der Waals surface area contributed by atoms with Gasteiger partial charge in [-0.25, -0.2) is 0 Å². The predicted molar refractivity (Wildman–Crippen MR) is 114 cm³/mol. The first-order valence-corrected chi connectivity index (χ1v) is 10.2. The lowest BCUT2D eigenvalue weighted by molar-refractivity contribution is 0.0753. The third kappa shape index (κ3) is 4.99. The summed E-state index contributed by atoms with van der Waals surface area (Å²) in [6.07, 6.45) is 5.07. The molecule has 2 heterocycles. The average molecular weight is 399 g/mol. The number of carbonyl (C=O) groups excluding carboxylic acids is 1. The van der Waals surface area contributed by atoms with Crippen molar-refractivity contribution in [2.24, 2.45) is 0 Å². The largest absolute Gasteiger partial charge is 0.497 e. The van der Waals surface area contributed by atoms with Crippen LogP contribution in [-0.4, -0.2) is 54.8 Å². The third-order valence-corrected chi connectivity index (χ3v) is 5.68. The van der Waals surface area contributed by atoms with E-state index < -0.39 is 0 Å². The molecule has 2 aromatic rings. The van der Waals surface area contributed by atoms with Crippen LogP contribution < -0.4 is 10.1 Å². The highest BCUT2D eigenvalue weighted by molar-refractivity contribution is 7.12. The molecule has 0 aliphatic carbocycles. The van der Waals surface area contributed by atoms with Gasteiger partial charge in [-0.15, -0.1) is 11.3 Å². The molecule has 1 aromatic heterocycles. The van der Waals surface area contributed by atoms with Crippen LogP contribution in [0.1, 0.15) is 22.5 Å². The van der Waals surface area contributed by atoms with Crippen LogP contribution in [0.5, 0.6) is 5.75 Å². The van der Waals surface area contributed by atoms with Gasteiger partial charge in [-0.05, 0) is 62.6 Å². The molecule has 148 valence electrons. The molecule has 7 heteroatoms. The molecule has 1 aromatic carbocycles. The second kappa shape index (κ2) is 9.52. The first-order chi connectivity index (χ1) is 13.6. The quantitative estimate of drug-likeness (QED) is 0.572. The monoisotopic (exact) mass is 398 g/mol. The smallest absolute Gasteiger partial charge is 0.269 e. The van der Waals surface area contributed by atoms with Gasteiger partial charge in [0, 0.05) is 24.0 Å². The number of amidine groups is 1. The fraction of sp³-hybridized carbons (Fsp3) is 0.333. The third-order valence-electron chi connectivity index (χ3n) is 4.82. The van der Waals surface area contributed by atoms with Crippen LogP contribution in [-0.2, 0) is 0 Å². The number of nitrogens with one attached hydrogen (secondary N) is 2. The number of carbonyl (C=O) groups is 1. The molecule has 6 nitrogen and oxygen atoms in total. The number of thiophene rings is 1. The molecule has 0 atom stereocenters. The summed E-state index contributed by atoms with van der Waals surface area (Å²) in [5.74, 6) is 0.859. The van der Waals surface area contributed by atoms with Gasteiger partial charge in [0.25, 0.3) is 5.91 Å². The van der Waals surface area contributed by atoms with Gasteiger partial charge >= 0.3 is 0 Å². The molecule has 0 unspecified atom stereocenters. The molecule has 0 bridgehead atoms. The molecule has 1 aliphatic rings. The number of nitrogens with zero attached hydrogens (tertiary/aromatic N) is 2. The lowest BCUT2D eigenvalue weighted by Crippen LogP contribution is -2.48. The van der Waals surface area contributed by atoms with Crippen LogP contribution in [0.2, 0.25) is 0 Å². The minimum Gasteiger partial charge on any atom is -0.497 e. The molecular formula is C21H26N4O2S. The van der Waals surface area contributed by atoms with E-state index >= 15 is 0 Å². The van der Waals surface area contributed by atoms with Gasteiger partial charge in [0.15, 0.2) is 0 Å². The van der Waals surface area contributed by atoms with E-state index in [9.17, 15) is 4.79 Å². The maximum Gasteiger partial charge on any atom is 0.269 e. The van der Waals surface area contributed by atoms with Crippen molar-refractivity contribution in [1.29, 1.82) is 5.41 Å². The van der Waals surface area contributed by atoms with Crippen LogP contribution in [0.3, 0.4) is 0 Å². The second-order valence-electron chi connectivity index (χ2n) is 6.78. The van der Waals surface area contributed by atoms with Crippen LogP contribution >= 0.6 is 11.3 Å². The van der Waals surface area contributed by atoms with E-state index in [-0.39, 0.29) is 17.8 Å². The number of methoxy groups -OCH3 is 1. The van der Waals surface area contributed by atoms with Crippen LogP contribution in [0.25, 0.3) is 0 Å². The van der Waals surface area contributed by atoms with Gasteiger partial charge in [0.1, 0.15) is 11.6 Å². The van der Waals surface area contributed by atoms with Gasteiger partial charge < -0.3 is 15.0 Å². The standard InChI is InChI=1S/C21H26N4O2S/c1-24-12-9-17(10-13-24)25(21(26)19-7-4-14-28-19)20(22)8-11-23-16-5-3-6-18(15-16)27-2/h3-8,11,14-15,17,22-23H,9-10,12-13H2,1-2H3/b11-8-,22-20?. The van der Waals surface area contributed by atoms with Gasteiger partial charge in [0.2, 0.25) is 0 Å². The topological polar surface area (TPSA) is 68.7 Å². The van der Waals surface area contributed by atoms with Crippen LogP contribution in [0.4, 0.5) is 5.69 Å². The number of piperidine rings is 1. The molecule has 1 fully saturated rings. The summed E-state index contributed by atoms with van der Waals surface area (Å²) in [5, 5.41) is 13.6. The Hall–Kier alpha value is -2.64. The highest BCUT2D eigenvalue weighted by atomic mass is 32.1. The Balaban J connectivity index is 1.73. The Kier molecular flexibility index (Phi) is 6.84. The Bertz CT molecular complexity index is 827. The number of benzene rings is 1. The van der Waals surface area contributed by atoms with Crippen molar-refractivity contribution in [2.75, 3.05) is 32.6 Å². The first kappa shape index (κ1) is 20.1. The summed E-state index contributed by atoms with van der Waals surface area (Å²) < 4.78 is 5.22. The van der Waals surface area contributed by atoms with Gasteiger partial charge in [-0.1, -0.05) is 12.1 Å². The molecule has 0 saturated carbocycles. The molecular weight excluding hydrogens is 372 g/mol. The maximum atomic E-state index is 13.1. The summed E-state index contributed by atoms with van der Waals surface area (Å²) in [6, 6.07) is 11.3. The van der Waals surface area contributed by atoms with Crippen LogP contribution in [0, 0.1) is 5.41 Å². The first-order valence-electron chi connectivity index (χ1n) is 9.30. The molecule has 1 amide bonds. The Morgan fingerprint density at radius 3 is 2.79 bits per heavy atom. The number of ether oxygens (including phenoxy) is 1. The van der Waals surface area contributed by atoms with E-state index in [1.807, 2.05) is 41.8 Å². The lowest BCUT2D eigenvalue weighted by Gasteiger charge is -2.36. The van der Waals surface area contributed by atoms with E-state index in [1.54, 1.807) is 24.3 Å². The molecule has 0 spiro atoms. The van der Waals surface area contributed by atoms with Crippen molar-refractivity contribution in [3.8, 4) is 5.75 Å². The molecule has 0 radical (unpaired) electrons. The predicted octanol–water partition coefficient (Wildman–Crippen LogP) is 3.90. The minimum absolute atomic E-state index is 0.0415. The highest BCUT2D eigenvalue weighted by Crippen LogP contribution is 2.21. The maximum absolute atomic E-state index is 13.1. The summed E-state index contributed by atoms with van der Waals surface area (Å²) in [5.41, 5.74) is 0.860. The summed E-state index contributed by atoms with van der Waals surface area (Å²) in [4.78, 5) is 17.6. The molecule has 1 aliphatic heterocycles. The SMILES string of the molecule is COc1cccc(N/C=C\C(=N)N(C(=O)c2cccs2)C2CCN(C)CC2)c1. The zero-order valence-electron chi connectivity index (χ0n) is 16.2. The van der Waals surface area contributed by atoms with Crippen molar-refractivity contribution in [3.05, 3.63) is 58.9 Å². The average Bonchev–Trinajstić information content (AvgIpc) is 3.25. The summed E-state index contributed by atoms with van der Waals surface area (Å²) in [7, 11) is 3.71. The van der Waals surface area contributed by atoms with Crippen molar-refractivity contribution in [1.82, 2.24) is 9.80 Å². The van der Waals surface area contributed by atoms with Crippen molar-refractivity contribution < 1.29 is 9.53 Å². The van der Waals surface area contributed by atoms with E-state index in [4.69, 9.17) is 10.1 Å². The lowest BCUT2D eigenvalue weighted by atomic mass is 10.0. The highest BCUT2D eigenvalue weighted by Gasteiger charge is 2.30. The Labute approximate surface area is 169 Å².